The van der Waals surface area contributed by atoms with Gasteiger partial charge in [0, 0.05) is 49.2 Å². The lowest BCUT2D eigenvalue weighted by molar-refractivity contribution is 0.0322. The Hall–Kier alpha value is -2.61. The maximum Gasteiger partial charge on any atom is 0.326 e. The second-order valence-electron chi connectivity index (χ2n) is 9.11. The van der Waals surface area contributed by atoms with Gasteiger partial charge in [0.2, 0.25) is 0 Å². The molecule has 0 atom stereocenters. The summed E-state index contributed by atoms with van der Waals surface area (Å²) in [6.45, 7) is 5.37. The standard InChI is InChI=1S/C26H36N4O3/c27-26(12-5-2-6-13-26)21-30(25(31)28-22-8-3-1-4-9-22)23-10-7-11-24(20-23)33-19-16-29-14-17-32-18-15-29/h1,3-4,7-11,20H,2,5-6,12-19,21,27H2,(H,28,31). The lowest BCUT2D eigenvalue weighted by Crippen LogP contribution is -2.54. The van der Waals surface area contributed by atoms with Crippen LogP contribution < -0.4 is 20.7 Å². The fourth-order valence-electron chi connectivity index (χ4n) is 4.58. The minimum atomic E-state index is -0.376. The highest BCUT2D eigenvalue weighted by molar-refractivity contribution is 6.02. The van der Waals surface area contributed by atoms with E-state index in [0.717, 1.165) is 75.7 Å². The van der Waals surface area contributed by atoms with Gasteiger partial charge < -0.3 is 20.5 Å². The normalized spacial score (nSPS) is 18.5. The van der Waals surface area contributed by atoms with E-state index in [9.17, 15) is 4.79 Å². The van der Waals surface area contributed by atoms with Crippen LogP contribution in [0, 0.1) is 0 Å². The van der Waals surface area contributed by atoms with E-state index >= 15 is 0 Å². The number of nitrogens with two attached hydrogens (primary N) is 1. The molecule has 0 radical (unpaired) electrons. The third-order valence-corrected chi connectivity index (χ3v) is 6.50. The van der Waals surface area contributed by atoms with Crippen LogP contribution in [0.1, 0.15) is 32.1 Å². The van der Waals surface area contributed by atoms with E-state index in [2.05, 4.69) is 10.2 Å². The van der Waals surface area contributed by atoms with E-state index in [4.69, 9.17) is 15.2 Å². The van der Waals surface area contributed by atoms with E-state index in [-0.39, 0.29) is 11.6 Å². The zero-order valence-corrected chi connectivity index (χ0v) is 19.4. The number of carbonyl (C=O) groups excluding carboxylic acids is 1. The van der Waals surface area contributed by atoms with Crippen LogP contribution in [0.3, 0.4) is 0 Å². The minimum Gasteiger partial charge on any atom is -0.492 e. The Morgan fingerprint density at radius 3 is 2.58 bits per heavy atom. The molecule has 7 heteroatoms. The second-order valence-corrected chi connectivity index (χ2v) is 9.11. The molecule has 0 aromatic heterocycles. The molecule has 0 bridgehead atoms. The molecule has 1 aliphatic carbocycles. The number of carbonyl (C=O) groups is 1. The molecule has 2 fully saturated rings. The van der Waals surface area contributed by atoms with Crippen molar-refractivity contribution in [3.05, 3.63) is 54.6 Å². The van der Waals surface area contributed by atoms with Crippen molar-refractivity contribution in [3.8, 4) is 5.75 Å². The van der Waals surface area contributed by atoms with Crippen molar-refractivity contribution in [2.24, 2.45) is 5.73 Å². The molecule has 2 aromatic carbocycles. The van der Waals surface area contributed by atoms with Crippen LogP contribution in [0.15, 0.2) is 54.6 Å². The van der Waals surface area contributed by atoms with Crippen LogP contribution in [-0.2, 0) is 4.74 Å². The fourth-order valence-corrected chi connectivity index (χ4v) is 4.58. The van der Waals surface area contributed by atoms with Crippen molar-refractivity contribution in [2.75, 3.05) is 56.2 Å². The number of ether oxygens (including phenoxy) is 2. The number of rotatable bonds is 8. The monoisotopic (exact) mass is 452 g/mol. The predicted octanol–water partition coefficient (Wildman–Crippen LogP) is 4.10. The van der Waals surface area contributed by atoms with Crippen LogP contribution in [-0.4, -0.2) is 62.5 Å². The van der Waals surface area contributed by atoms with Gasteiger partial charge in [0.1, 0.15) is 12.4 Å². The Morgan fingerprint density at radius 2 is 1.82 bits per heavy atom. The van der Waals surface area contributed by atoms with E-state index in [1.807, 2.05) is 54.6 Å². The third-order valence-electron chi connectivity index (χ3n) is 6.50. The predicted molar refractivity (Wildman–Crippen MR) is 132 cm³/mol. The summed E-state index contributed by atoms with van der Waals surface area (Å²) >= 11 is 0. The molecule has 4 rings (SSSR count). The highest BCUT2D eigenvalue weighted by Crippen LogP contribution is 2.30. The number of para-hydroxylation sites is 1. The molecular formula is C26H36N4O3. The van der Waals surface area contributed by atoms with E-state index < -0.39 is 0 Å². The Bertz CT molecular complexity index is 880. The molecule has 2 amide bonds. The van der Waals surface area contributed by atoms with E-state index in [0.29, 0.717) is 13.2 Å². The van der Waals surface area contributed by atoms with Crippen molar-refractivity contribution in [3.63, 3.8) is 0 Å². The first-order valence-electron chi connectivity index (χ1n) is 12.1. The molecule has 1 aliphatic heterocycles. The van der Waals surface area contributed by atoms with Gasteiger partial charge in [-0.1, -0.05) is 43.5 Å². The highest BCUT2D eigenvalue weighted by atomic mass is 16.5. The number of hydrogen-bond acceptors (Lipinski definition) is 5. The summed E-state index contributed by atoms with van der Waals surface area (Å²) in [7, 11) is 0. The molecular weight excluding hydrogens is 416 g/mol. The van der Waals surface area contributed by atoms with Gasteiger partial charge in [0.25, 0.3) is 0 Å². The zero-order valence-electron chi connectivity index (χ0n) is 19.4. The summed E-state index contributed by atoms with van der Waals surface area (Å²) in [4.78, 5) is 17.5. The first kappa shape index (κ1) is 23.5. The van der Waals surface area contributed by atoms with Gasteiger partial charge in [-0.3, -0.25) is 9.80 Å². The maximum absolute atomic E-state index is 13.4. The lowest BCUT2D eigenvalue weighted by atomic mass is 9.82. The summed E-state index contributed by atoms with van der Waals surface area (Å²) in [5.41, 5.74) is 7.94. The summed E-state index contributed by atoms with van der Waals surface area (Å²) < 4.78 is 11.4. The molecule has 1 saturated carbocycles. The Labute approximate surface area is 196 Å². The summed E-state index contributed by atoms with van der Waals surface area (Å²) in [6.07, 6.45) is 5.28. The number of hydrogen-bond donors (Lipinski definition) is 2. The van der Waals surface area contributed by atoms with Crippen molar-refractivity contribution >= 4 is 17.4 Å². The molecule has 2 aromatic rings. The quantitative estimate of drug-likeness (QED) is 0.630. The number of benzene rings is 2. The SMILES string of the molecule is NC1(CN(C(=O)Nc2ccccc2)c2cccc(OCCN3CCOCC3)c2)CCCCC1. The molecule has 3 N–H and O–H groups in total. The van der Waals surface area contributed by atoms with E-state index in [1.54, 1.807) is 4.90 Å². The molecule has 0 spiro atoms. The van der Waals surface area contributed by atoms with Crippen LogP contribution in [0.2, 0.25) is 0 Å². The van der Waals surface area contributed by atoms with Gasteiger partial charge in [0.05, 0.1) is 13.2 Å². The second kappa shape index (κ2) is 11.5. The van der Waals surface area contributed by atoms with Crippen molar-refractivity contribution in [2.45, 2.75) is 37.6 Å². The molecule has 33 heavy (non-hydrogen) atoms. The largest absolute Gasteiger partial charge is 0.492 e. The molecule has 0 unspecified atom stereocenters. The first-order chi connectivity index (χ1) is 16.1. The van der Waals surface area contributed by atoms with Crippen LogP contribution in [0.25, 0.3) is 0 Å². The number of nitrogens with one attached hydrogen (secondary N) is 1. The van der Waals surface area contributed by atoms with E-state index in [1.165, 1.54) is 6.42 Å². The van der Waals surface area contributed by atoms with Crippen molar-refractivity contribution in [1.29, 1.82) is 0 Å². The third kappa shape index (κ3) is 6.93. The van der Waals surface area contributed by atoms with Crippen LogP contribution in [0.4, 0.5) is 16.2 Å². The Balaban J connectivity index is 1.46. The average molecular weight is 453 g/mol. The lowest BCUT2D eigenvalue weighted by Gasteiger charge is -2.38. The van der Waals surface area contributed by atoms with Gasteiger partial charge in [-0.2, -0.15) is 0 Å². The van der Waals surface area contributed by atoms with Crippen LogP contribution in [0.5, 0.6) is 5.75 Å². The molecule has 1 saturated heterocycles. The molecule has 2 aliphatic rings. The number of nitrogens with zero attached hydrogens (tertiary/aromatic N) is 2. The van der Waals surface area contributed by atoms with Crippen LogP contribution >= 0.6 is 0 Å². The molecule has 1 heterocycles. The smallest absolute Gasteiger partial charge is 0.326 e. The first-order valence-corrected chi connectivity index (χ1v) is 12.1. The summed E-state index contributed by atoms with van der Waals surface area (Å²) in [5.74, 6) is 0.757. The highest BCUT2D eigenvalue weighted by Gasteiger charge is 2.32. The molecule has 178 valence electrons. The fraction of sp³-hybridized carbons (Fsp3) is 0.500. The van der Waals surface area contributed by atoms with Crippen molar-refractivity contribution in [1.82, 2.24) is 4.90 Å². The number of morpholine rings is 1. The van der Waals surface area contributed by atoms with Gasteiger partial charge in [-0.05, 0) is 37.1 Å². The molecule has 7 nitrogen and oxygen atoms in total. The van der Waals surface area contributed by atoms with Gasteiger partial charge in [0.15, 0.2) is 0 Å². The Morgan fingerprint density at radius 1 is 1.06 bits per heavy atom. The number of amides is 2. The van der Waals surface area contributed by atoms with Crippen molar-refractivity contribution < 1.29 is 14.3 Å². The van der Waals surface area contributed by atoms with Gasteiger partial charge in [-0.25, -0.2) is 4.79 Å². The topological polar surface area (TPSA) is 80.1 Å². The Kier molecular flexibility index (Phi) is 8.20. The number of anilines is 2. The zero-order chi connectivity index (χ0) is 22.9. The number of urea groups is 1. The van der Waals surface area contributed by atoms with Gasteiger partial charge >= 0.3 is 6.03 Å². The average Bonchev–Trinajstić information content (AvgIpc) is 2.84. The van der Waals surface area contributed by atoms with Gasteiger partial charge in [-0.15, -0.1) is 0 Å². The minimum absolute atomic E-state index is 0.179. The summed E-state index contributed by atoms with van der Waals surface area (Å²) in [5, 5.41) is 3.03. The summed E-state index contributed by atoms with van der Waals surface area (Å²) in [6, 6.07) is 17.1. The maximum atomic E-state index is 13.4.